The molecule has 3 nitrogen and oxygen atoms in total. The molecule has 0 N–H and O–H groups in total. The second kappa shape index (κ2) is 8.17. The molecule has 0 unspecified atom stereocenters. The normalized spacial score (nSPS) is 53.7. The smallest absolute Gasteiger partial charge is 0.310 e. The molecule has 3 heteroatoms. The van der Waals surface area contributed by atoms with Crippen LogP contribution in [-0.2, 0) is 14.3 Å². The van der Waals surface area contributed by atoms with Crippen molar-refractivity contribution in [3.05, 3.63) is 0 Å². The van der Waals surface area contributed by atoms with Crippen molar-refractivity contribution in [3.63, 3.8) is 0 Å². The molecule has 0 amide bonds. The molecule has 0 radical (unpaired) electrons. The van der Waals surface area contributed by atoms with Crippen molar-refractivity contribution in [3.8, 4) is 0 Å². The summed E-state index contributed by atoms with van der Waals surface area (Å²) in [4.78, 5) is 13.5. The average Bonchev–Trinajstić information content (AvgIpc) is 3.12. The summed E-state index contributed by atoms with van der Waals surface area (Å²) >= 11 is 0. The van der Waals surface area contributed by atoms with Gasteiger partial charge in [-0.15, -0.1) is 0 Å². The Morgan fingerprint density at radius 3 is 2.00 bits per heavy atom. The number of hydrogen-bond donors (Lipinski definition) is 0. The highest BCUT2D eigenvalue weighted by atomic mass is 16.5. The van der Waals surface area contributed by atoms with Gasteiger partial charge in [0.25, 0.3) is 0 Å². The van der Waals surface area contributed by atoms with Crippen molar-refractivity contribution in [1.29, 1.82) is 0 Å². The van der Waals surface area contributed by atoms with Gasteiger partial charge in [-0.1, -0.05) is 76.2 Å². The van der Waals surface area contributed by atoms with Gasteiger partial charge in [-0.05, 0) is 126 Å². The Hall–Kier alpha value is -0.570. The van der Waals surface area contributed by atoms with Crippen LogP contribution in [0.5, 0.6) is 0 Å². The summed E-state index contributed by atoms with van der Waals surface area (Å²) in [6.07, 6.45) is 13.7. The molecule has 7 rings (SSSR count). The van der Waals surface area contributed by atoms with Gasteiger partial charge in [0.2, 0.25) is 0 Å². The van der Waals surface area contributed by atoms with E-state index in [2.05, 4.69) is 76.2 Å². The number of esters is 1. The molecule has 7 fully saturated rings. The monoisotopic (exact) mass is 566 g/mol. The van der Waals surface area contributed by atoms with E-state index in [0.29, 0.717) is 39.1 Å². The van der Waals surface area contributed by atoms with E-state index in [4.69, 9.17) is 9.47 Å². The van der Waals surface area contributed by atoms with Crippen molar-refractivity contribution >= 4 is 5.97 Å². The number of fused-ring (bicyclic) bond motifs is 5. The molecule has 0 spiro atoms. The molecule has 1 saturated heterocycles. The molecule has 1 heterocycles. The highest BCUT2D eigenvalue weighted by Gasteiger charge is 2.73. The van der Waals surface area contributed by atoms with Crippen LogP contribution in [0.1, 0.15) is 140 Å². The molecule has 0 aromatic carbocycles. The van der Waals surface area contributed by atoms with E-state index >= 15 is 0 Å². The van der Waals surface area contributed by atoms with Crippen molar-refractivity contribution in [2.45, 2.75) is 153 Å². The van der Waals surface area contributed by atoms with Crippen LogP contribution in [0.2, 0.25) is 0 Å². The molecule has 6 saturated carbocycles. The molecule has 0 aromatic rings. The first-order valence-electron chi connectivity index (χ1n) is 17.6. The minimum absolute atomic E-state index is 0.0158. The van der Waals surface area contributed by atoms with Crippen LogP contribution in [0.15, 0.2) is 0 Å². The first-order chi connectivity index (χ1) is 18.8. The van der Waals surface area contributed by atoms with Crippen LogP contribution < -0.4 is 0 Å². The maximum absolute atomic E-state index is 13.5. The lowest BCUT2D eigenvalue weighted by atomic mass is 9.31. The van der Waals surface area contributed by atoms with Crippen molar-refractivity contribution in [2.24, 2.45) is 72.9 Å². The number of rotatable bonds is 2. The predicted octanol–water partition coefficient (Wildman–Crippen LogP) is 9.47. The van der Waals surface area contributed by atoms with E-state index in [1.54, 1.807) is 0 Å². The quantitative estimate of drug-likeness (QED) is 0.312. The van der Waals surface area contributed by atoms with Crippen LogP contribution in [0.3, 0.4) is 0 Å². The first-order valence-corrected chi connectivity index (χ1v) is 17.6. The zero-order valence-electron chi connectivity index (χ0n) is 28.5. The van der Waals surface area contributed by atoms with Gasteiger partial charge in [0, 0.05) is 5.41 Å². The lowest BCUT2D eigenvalue weighted by Crippen LogP contribution is -2.68. The van der Waals surface area contributed by atoms with Gasteiger partial charge in [-0.2, -0.15) is 0 Å². The van der Waals surface area contributed by atoms with Gasteiger partial charge >= 0.3 is 5.97 Å². The summed E-state index contributed by atoms with van der Waals surface area (Å²) in [5.41, 5.74) is 1.96. The van der Waals surface area contributed by atoms with Gasteiger partial charge in [0.15, 0.2) is 0 Å². The Labute approximate surface area is 252 Å². The molecule has 1 aliphatic heterocycles. The number of hydrogen-bond acceptors (Lipinski definition) is 3. The van der Waals surface area contributed by atoms with E-state index in [9.17, 15) is 4.79 Å². The Morgan fingerprint density at radius 2 is 1.34 bits per heavy atom. The number of carbonyl (C=O) groups is 1. The van der Waals surface area contributed by atoms with Gasteiger partial charge < -0.3 is 9.47 Å². The molecule has 232 valence electrons. The Bertz CT molecular complexity index is 1120. The SMILES string of the molecule is CC1(C)CC[C@]23CC[C@]4(C)[C@H](CC[C@H]5[C@@]6(C)CC[C@H](OC(=O)C7C(C)(C)C7(C)C)C(C)(C)[C@@H]6CC[C@]54C)[C@@H]2[C@H]1OC3. The first kappa shape index (κ1) is 29.2. The lowest BCUT2D eigenvalue weighted by Gasteiger charge is -2.73. The van der Waals surface area contributed by atoms with Gasteiger partial charge in [0.05, 0.1) is 18.6 Å². The Kier molecular flexibility index (Phi) is 5.81. The van der Waals surface area contributed by atoms with Crippen LogP contribution >= 0.6 is 0 Å². The van der Waals surface area contributed by atoms with Gasteiger partial charge in [-0.3, -0.25) is 4.79 Å². The topological polar surface area (TPSA) is 35.5 Å². The Balaban J connectivity index is 1.16. The zero-order chi connectivity index (χ0) is 29.8. The average molecular weight is 567 g/mol. The third-order valence-electron chi connectivity index (χ3n) is 17.6. The summed E-state index contributed by atoms with van der Waals surface area (Å²) in [6.45, 7) is 28.0. The summed E-state index contributed by atoms with van der Waals surface area (Å²) in [6, 6.07) is 0. The Morgan fingerprint density at radius 1 is 0.683 bits per heavy atom. The maximum Gasteiger partial charge on any atom is 0.310 e. The van der Waals surface area contributed by atoms with E-state index in [1.807, 2.05) is 0 Å². The molecule has 2 bridgehead atoms. The molecular weight excluding hydrogens is 504 g/mol. The summed E-state index contributed by atoms with van der Waals surface area (Å²) in [5, 5.41) is 0. The van der Waals surface area contributed by atoms with E-state index in [1.165, 1.54) is 57.8 Å². The van der Waals surface area contributed by atoms with Crippen LogP contribution in [0.25, 0.3) is 0 Å². The maximum atomic E-state index is 13.5. The highest BCUT2D eigenvalue weighted by molar-refractivity contribution is 5.79. The number of ether oxygens (including phenoxy) is 2. The van der Waals surface area contributed by atoms with Gasteiger partial charge in [-0.25, -0.2) is 0 Å². The lowest BCUT2D eigenvalue weighted by molar-refractivity contribution is -0.254. The fourth-order valence-electron chi connectivity index (χ4n) is 14.2. The minimum Gasteiger partial charge on any atom is -0.462 e. The van der Waals surface area contributed by atoms with E-state index < -0.39 is 0 Å². The molecule has 41 heavy (non-hydrogen) atoms. The minimum atomic E-state index is 0.0158. The molecule has 0 aromatic heterocycles. The predicted molar refractivity (Wildman–Crippen MR) is 165 cm³/mol. The molecular formula is C38H62O3. The second-order valence-electron chi connectivity index (χ2n) is 19.9. The highest BCUT2D eigenvalue weighted by Crippen LogP contribution is 2.78. The van der Waals surface area contributed by atoms with Gasteiger partial charge in [0.1, 0.15) is 6.10 Å². The fourth-order valence-corrected chi connectivity index (χ4v) is 14.2. The van der Waals surface area contributed by atoms with E-state index in [-0.39, 0.29) is 34.2 Å². The van der Waals surface area contributed by atoms with Crippen molar-refractivity contribution in [1.82, 2.24) is 0 Å². The van der Waals surface area contributed by atoms with E-state index in [0.717, 1.165) is 30.8 Å². The van der Waals surface area contributed by atoms with Crippen molar-refractivity contribution < 1.29 is 14.3 Å². The number of carbonyl (C=O) groups excluding carboxylic acids is 1. The summed E-state index contributed by atoms with van der Waals surface area (Å²) in [5.74, 6) is 3.04. The summed E-state index contributed by atoms with van der Waals surface area (Å²) in [7, 11) is 0. The molecule has 7 aliphatic rings. The molecule has 6 aliphatic carbocycles. The summed E-state index contributed by atoms with van der Waals surface area (Å²) < 4.78 is 13.3. The molecule has 10 atom stereocenters. The third-order valence-corrected chi connectivity index (χ3v) is 17.6. The van der Waals surface area contributed by atoms with Crippen molar-refractivity contribution in [2.75, 3.05) is 6.61 Å². The zero-order valence-corrected chi connectivity index (χ0v) is 28.5. The van der Waals surface area contributed by atoms with Crippen LogP contribution in [0, 0.1) is 72.9 Å². The van der Waals surface area contributed by atoms with Crippen LogP contribution in [-0.4, -0.2) is 24.8 Å². The third kappa shape index (κ3) is 3.35. The fraction of sp³-hybridized carbons (Fsp3) is 0.974. The van der Waals surface area contributed by atoms with Crippen LogP contribution in [0.4, 0.5) is 0 Å². The standard InChI is InChI=1S/C38H62O3/c1-31(2)18-20-38-21-19-36(10)23(27(38)29(31)40-22-38)12-13-25-35(9)16-15-26(32(3,4)24(35)14-17-37(25,36)11)41-30(39)28-33(5,6)34(28,7)8/h23-29H,12-22H2,1-11H3/t23-,24+,25+,26+,27-,29-,35+,36-,37-,38-/m1/s1. The second-order valence-corrected chi connectivity index (χ2v) is 19.9. The largest absolute Gasteiger partial charge is 0.462 e.